The topological polar surface area (TPSA) is 79.5 Å². The number of hydrogen-bond acceptors (Lipinski definition) is 5. The van der Waals surface area contributed by atoms with Crippen LogP contribution in [0.2, 0.25) is 0 Å². The Morgan fingerprint density at radius 3 is 2.55 bits per heavy atom. The second-order valence-electron chi connectivity index (χ2n) is 10.2. The molecular weight excluding hydrogens is 508 g/mol. The van der Waals surface area contributed by atoms with Crippen LogP contribution in [0.3, 0.4) is 0 Å². The van der Waals surface area contributed by atoms with Gasteiger partial charge in [-0.3, -0.25) is 19.1 Å². The van der Waals surface area contributed by atoms with Gasteiger partial charge < -0.3 is 5.32 Å². The molecule has 198 valence electrons. The molecule has 0 radical (unpaired) electrons. The van der Waals surface area contributed by atoms with Gasteiger partial charge in [0.15, 0.2) is 0 Å². The van der Waals surface area contributed by atoms with Crippen molar-refractivity contribution in [2.75, 3.05) is 0 Å². The lowest BCUT2D eigenvalue weighted by atomic mass is 9.75. The number of hydroxylamine groups is 1. The average Bonchev–Trinajstić information content (AvgIpc) is 3.08. The monoisotopic (exact) mass is 537 g/mol. The van der Waals surface area contributed by atoms with E-state index < -0.39 is 34.6 Å². The summed E-state index contributed by atoms with van der Waals surface area (Å²) in [6.07, 6.45) is 2.26. The SMILES string of the molecule is CC1(C[C@H]2CCc3ccccc3SN2)C[C@@](NC(=O)Cc2cc(F)cc(F)c2)(c2ccccc2)C(=O)NO1. The van der Waals surface area contributed by atoms with Crippen molar-refractivity contribution in [3.05, 3.63) is 101 Å². The Hall–Kier alpha value is -3.27. The molecule has 2 aliphatic rings. The summed E-state index contributed by atoms with van der Waals surface area (Å²) in [6, 6.07) is 20.3. The Labute approximate surface area is 224 Å². The molecule has 9 heteroatoms. The van der Waals surface area contributed by atoms with Gasteiger partial charge in [0, 0.05) is 23.4 Å². The summed E-state index contributed by atoms with van der Waals surface area (Å²) in [5, 5.41) is 2.90. The standard InChI is InChI=1S/C29H29F2N3O3S/c1-28(17-24-12-11-20-7-5-6-10-25(20)38-34-24)18-29(27(36)33-37-28,21-8-3-2-4-9-21)32-26(35)15-19-13-22(30)16-23(31)14-19/h2-10,13-14,16,24,34H,11-12,15,17-18H2,1H3,(H,32,35)(H,33,36)/t24-,28?,29-/m1/s1. The third-order valence-electron chi connectivity index (χ3n) is 7.07. The second kappa shape index (κ2) is 10.8. The zero-order valence-corrected chi connectivity index (χ0v) is 21.7. The number of carbonyl (C=O) groups is 2. The fraction of sp³-hybridized carbons (Fsp3) is 0.310. The molecule has 3 aromatic rings. The van der Waals surface area contributed by atoms with Crippen molar-refractivity contribution < 1.29 is 23.2 Å². The highest BCUT2D eigenvalue weighted by molar-refractivity contribution is 7.97. The first-order valence-electron chi connectivity index (χ1n) is 12.5. The first kappa shape index (κ1) is 26.3. The van der Waals surface area contributed by atoms with Gasteiger partial charge in [0.1, 0.15) is 17.2 Å². The van der Waals surface area contributed by atoms with Gasteiger partial charge >= 0.3 is 0 Å². The Kier molecular flexibility index (Phi) is 7.52. The molecule has 3 N–H and O–H groups in total. The van der Waals surface area contributed by atoms with Crippen LogP contribution >= 0.6 is 11.9 Å². The molecule has 3 aromatic carbocycles. The zero-order chi connectivity index (χ0) is 26.8. The Morgan fingerprint density at radius 1 is 1.08 bits per heavy atom. The lowest BCUT2D eigenvalue weighted by Crippen LogP contribution is -2.65. The fourth-order valence-electron chi connectivity index (χ4n) is 5.37. The van der Waals surface area contributed by atoms with Gasteiger partial charge in [-0.2, -0.15) is 0 Å². The van der Waals surface area contributed by atoms with Crippen LogP contribution in [0, 0.1) is 11.6 Å². The number of amides is 2. The predicted octanol–water partition coefficient (Wildman–Crippen LogP) is 4.73. The highest BCUT2D eigenvalue weighted by Gasteiger charge is 2.52. The summed E-state index contributed by atoms with van der Waals surface area (Å²) in [6.45, 7) is 1.92. The molecule has 1 fully saturated rings. The van der Waals surface area contributed by atoms with E-state index in [-0.39, 0.29) is 24.4 Å². The third kappa shape index (κ3) is 5.75. The van der Waals surface area contributed by atoms with E-state index in [4.69, 9.17) is 4.84 Å². The van der Waals surface area contributed by atoms with Gasteiger partial charge in [-0.05, 0) is 73.0 Å². The molecule has 0 aliphatic carbocycles. The second-order valence-corrected chi connectivity index (χ2v) is 11.1. The summed E-state index contributed by atoms with van der Waals surface area (Å²) in [4.78, 5) is 33.7. The smallest absolute Gasteiger partial charge is 0.274 e. The number of hydrogen-bond donors (Lipinski definition) is 3. The fourth-order valence-corrected chi connectivity index (χ4v) is 6.31. The summed E-state index contributed by atoms with van der Waals surface area (Å²) < 4.78 is 31.0. The first-order chi connectivity index (χ1) is 18.2. The molecule has 1 unspecified atom stereocenters. The molecule has 3 atom stereocenters. The maximum Gasteiger partial charge on any atom is 0.274 e. The van der Waals surface area contributed by atoms with Crippen molar-refractivity contribution in [2.45, 2.75) is 61.1 Å². The number of rotatable bonds is 6. The van der Waals surface area contributed by atoms with E-state index in [1.807, 2.05) is 25.1 Å². The quantitative estimate of drug-likeness (QED) is 0.396. The number of carbonyl (C=O) groups excluding carboxylic acids is 2. The highest BCUT2D eigenvalue weighted by atomic mass is 32.2. The Balaban J connectivity index is 1.38. The molecular formula is C29H29F2N3O3S. The highest BCUT2D eigenvalue weighted by Crippen LogP contribution is 2.40. The largest absolute Gasteiger partial charge is 0.338 e. The van der Waals surface area contributed by atoms with E-state index in [1.165, 1.54) is 10.5 Å². The van der Waals surface area contributed by atoms with Crippen LogP contribution in [0.1, 0.15) is 42.9 Å². The van der Waals surface area contributed by atoms with Crippen molar-refractivity contribution >= 4 is 23.8 Å². The molecule has 0 aromatic heterocycles. The molecule has 0 saturated carbocycles. The van der Waals surface area contributed by atoms with Crippen molar-refractivity contribution in [1.29, 1.82) is 0 Å². The van der Waals surface area contributed by atoms with Crippen molar-refractivity contribution in [1.82, 2.24) is 15.5 Å². The van der Waals surface area contributed by atoms with Crippen LogP contribution in [0.15, 0.2) is 77.7 Å². The summed E-state index contributed by atoms with van der Waals surface area (Å²) in [7, 11) is 0. The van der Waals surface area contributed by atoms with E-state index in [1.54, 1.807) is 36.2 Å². The van der Waals surface area contributed by atoms with Crippen molar-refractivity contribution in [3.63, 3.8) is 0 Å². The number of aryl methyl sites for hydroxylation is 1. The minimum absolute atomic E-state index is 0.0897. The van der Waals surface area contributed by atoms with Gasteiger partial charge in [-0.25, -0.2) is 14.3 Å². The third-order valence-corrected chi connectivity index (χ3v) is 8.14. The van der Waals surface area contributed by atoms with Crippen LogP contribution in [-0.4, -0.2) is 23.5 Å². The number of benzene rings is 3. The summed E-state index contributed by atoms with van der Waals surface area (Å²) >= 11 is 1.59. The van der Waals surface area contributed by atoms with Crippen molar-refractivity contribution in [2.24, 2.45) is 0 Å². The normalized spacial score (nSPS) is 25.1. The zero-order valence-electron chi connectivity index (χ0n) is 20.9. The lowest BCUT2D eigenvalue weighted by Gasteiger charge is -2.46. The van der Waals surface area contributed by atoms with Gasteiger partial charge in [0.2, 0.25) is 5.91 Å². The van der Waals surface area contributed by atoms with E-state index in [0.29, 0.717) is 12.0 Å². The molecule has 5 rings (SSSR count). The van der Waals surface area contributed by atoms with Gasteiger partial charge in [0.25, 0.3) is 5.91 Å². The number of fused-ring (bicyclic) bond motifs is 1. The lowest BCUT2D eigenvalue weighted by molar-refractivity contribution is -0.185. The number of nitrogens with one attached hydrogen (secondary N) is 3. The molecule has 2 aliphatic heterocycles. The summed E-state index contributed by atoms with van der Waals surface area (Å²) in [5.74, 6) is -2.57. The van der Waals surface area contributed by atoms with Crippen LogP contribution in [-0.2, 0) is 32.8 Å². The predicted molar refractivity (Wildman–Crippen MR) is 141 cm³/mol. The number of halogens is 2. The average molecular weight is 538 g/mol. The minimum Gasteiger partial charge on any atom is -0.338 e. The molecule has 38 heavy (non-hydrogen) atoms. The Bertz CT molecular complexity index is 1290. The molecule has 2 amide bonds. The van der Waals surface area contributed by atoms with E-state index >= 15 is 0 Å². The van der Waals surface area contributed by atoms with Crippen LogP contribution in [0.25, 0.3) is 0 Å². The van der Waals surface area contributed by atoms with E-state index in [0.717, 1.165) is 31.0 Å². The van der Waals surface area contributed by atoms with Crippen LogP contribution in [0.5, 0.6) is 0 Å². The minimum atomic E-state index is -1.43. The van der Waals surface area contributed by atoms with Crippen molar-refractivity contribution in [3.8, 4) is 0 Å². The first-order valence-corrected chi connectivity index (χ1v) is 13.4. The van der Waals surface area contributed by atoms with Gasteiger partial charge in [0.05, 0.1) is 12.0 Å². The van der Waals surface area contributed by atoms with E-state index in [2.05, 4.69) is 27.7 Å². The van der Waals surface area contributed by atoms with Gasteiger partial charge in [-0.15, -0.1) is 0 Å². The molecule has 6 nitrogen and oxygen atoms in total. The molecule has 2 heterocycles. The Morgan fingerprint density at radius 2 is 1.79 bits per heavy atom. The van der Waals surface area contributed by atoms with Crippen LogP contribution < -0.4 is 15.5 Å². The molecule has 0 spiro atoms. The molecule has 1 saturated heterocycles. The summed E-state index contributed by atoms with van der Waals surface area (Å²) in [5.41, 5.74) is 2.37. The van der Waals surface area contributed by atoms with E-state index in [9.17, 15) is 18.4 Å². The van der Waals surface area contributed by atoms with Gasteiger partial charge in [-0.1, -0.05) is 48.5 Å². The van der Waals surface area contributed by atoms with Crippen LogP contribution in [0.4, 0.5) is 8.78 Å². The maximum atomic E-state index is 13.7. The molecule has 0 bridgehead atoms. The maximum absolute atomic E-state index is 13.7.